The lowest BCUT2D eigenvalue weighted by molar-refractivity contribution is -0.385. The number of carbonyl (C=O) groups is 1. The van der Waals surface area contributed by atoms with Gasteiger partial charge in [-0.2, -0.15) is 0 Å². The van der Waals surface area contributed by atoms with Crippen LogP contribution in [0.2, 0.25) is 0 Å². The molecule has 0 saturated heterocycles. The molecule has 0 fully saturated rings. The van der Waals surface area contributed by atoms with E-state index in [1.165, 1.54) is 6.20 Å². The van der Waals surface area contributed by atoms with E-state index >= 15 is 0 Å². The van der Waals surface area contributed by atoms with Crippen LogP contribution in [0.3, 0.4) is 0 Å². The lowest BCUT2D eigenvalue weighted by Gasteiger charge is -2.21. The maximum absolute atomic E-state index is 11.1. The molecule has 18 heavy (non-hydrogen) atoms. The van der Waals surface area contributed by atoms with Crippen LogP contribution in [0.4, 0.5) is 11.5 Å². The first-order valence-electron chi connectivity index (χ1n) is 5.39. The molecule has 1 heterocycles. The maximum atomic E-state index is 11.1. The Labute approximate surface area is 105 Å². The molecule has 1 aromatic heterocycles. The molecule has 0 atom stereocenters. The lowest BCUT2D eigenvalue weighted by atomic mass is 9.93. The Morgan fingerprint density at radius 2 is 2.22 bits per heavy atom. The summed E-state index contributed by atoms with van der Waals surface area (Å²) >= 11 is 0. The Kier molecular flexibility index (Phi) is 3.85. The van der Waals surface area contributed by atoms with E-state index in [-0.39, 0.29) is 5.69 Å². The van der Waals surface area contributed by atoms with Crippen molar-refractivity contribution < 1.29 is 9.72 Å². The largest absolute Gasteiger partial charge is 0.369 e. The molecule has 0 radical (unpaired) electrons. The Balaban J connectivity index is 2.79. The van der Waals surface area contributed by atoms with Gasteiger partial charge in [-0.3, -0.25) is 14.9 Å². The molecule has 0 aromatic carbocycles. The van der Waals surface area contributed by atoms with E-state index in [2.05, 4.69) is 10.3 Å². The van der Waals surface area contributed by atoms with Gasteiger partial charge in [0, 0.05) is 12.1 Å². The molecule has 0 bridgehead atoms. The van der Waals surface area contributed by atoms with Gasteiger partial charge in [-0.05, 0) is 26.8 Å². The third kappa shape index (κ3) is 3.16. The molecule has 7 heteroatoms. The van der Waals surface area contributed by atoms with Crippen molar-refractivity contribution in [1.29, 1.82) is 0 Å². The number of hydrogen-bond acceptors (Lipinski definition) is 5. The number of anilines is 1. The topological polar surface area (TPSA) is 111 Å². The summed E-state index contributed by atoms with van der Waals surface area (Å²) in [5.74, 6) is 0.0565. The summed E-state index contributed by atoms with van der Waals surface area (Å²) in [5, 5.41) is 13.6. The maximum Gasteiger partial charge on any atom is 0.290 e. The van der Waals surface area contributed by atoms with E-state index in [9.17, 15) is 14.9 Å². The number of pyridine rings is 1. The second kappa shape index (κ2) is 4.99. The summed E-state index contributed by atoms with van der Waals surface area (Å²) in [6.45, 7) is 5.36. The van der Waals surface area contributed by atoms with Crippen LogP contribution < -0.4 is 11.1 Å². The zero-order chi connectivity index (χ0) is 13.9. The van der Waals surface area contributed by atoms with E-state index in [1.54, 1.807) is 26.8 Å². The summed E-state index contributed by atoms with van der Waals surface area (Å²) in [4.78, 5) is 25.2. The first kappa shape index (κ1) is 13.9. The molecule has 1 rings (SSSR count). The Morgan fingerprint density at radius 1 is 1.61 bits per heavy atom. The zero-order valence-corrected chi connectivity index (χ0v) is 10.6. The van der Waals surface area contributed by atoms with Crippen molar-refractivity contribution in [3.63, 3.8) is 0 Å². The van der Waals surface area contributed by atoms with Crippen LogP contribution in [0.25, 0.3) is 0 Å². The van der Waals surface area contributed by atoms with E-state index < -0.39 is 16.2 Å². The van der Waals surface area contributed by atoms with E-state index in [0.29, 0.717) is 17.9 Å². The number of nitrogens with one attached hydrogen (secondary N) is 1. The number of aromatic nitrogens is 1. The number of nitro groups is 1. The average Bonchev–Trinajstić information content (AvgIpc) is 2.25. The van der Waals surface area contributed by atoms with Gasteiger partial charge < -0.3 is 11.1 Å². The van der Waals surface area contributed by atoms with Crippen molar-refractivity contribution in [3.8, 4) is 0 Å². The van der Waals surface area contributed by atoms with Crippen molar-refractivity contribution in [2.45, 2.75) is 20.8 Å². The number of aryl methyl sites for hydroxylation is 1. The van der Waals surface area contributed by atoms with Crippen LogP contribution in [0.1, 0.15) is 19.4 Å². The average molecular weight is 252 g/mol. The van der Waals surface area contributed by atoms with Crippen molar-refractivity contribution in [1.82, 2.24) is 4.98 Å². The highest BCUT2D eigenvalue weighted by Gasteiger charge is 2.24. The summed E-state index contributed by atoms with van der Waals surface area (Å²) < 4.78 is 0. The van der Waals surface area contributed by atoms with Gasteiger partial charge in [0.25, 0.3) is 5.69 Å². The molecular weight excluding hydrogens is 236 g/mol. The highest BCUT2D eigenvalue weighted by molar-refractivity contribution is 5.80. The fourth-order valence-corrected chi connectivity index (χ4v) is 1.24. The number of nitrogens with zero attached hydrogens (tertiary/aromatic N) is 2. The molecule has 1 aromatic rings. The van der Waals surface area contributed by atoms with Gasteiger partial charge in [0.05, 0.1) is 10.3 Å². The molecule has 0 aliphatic heterocycles. The fourth-order valence-electron chi connectivity index (χ4n) is 1.24. The van der Waals surface area contributed by atoms with Crippen LogP contribution in [-0.2, 0) is 4.79 Å². The number of amides is 1. The quantitative estimate of drug-likeness (QED) is 0.604. The van der Waals surface area contributed by atoms with Gasteiger partial charge in [0.15, 0.2) is 0 Å². The number of nitrogens with two attached hydrogens (primary N) is 1. The molecule has 3 N–H and O–H groups in total. The second-order valence-corrected chi connectivity index (χ2v) is 4.71. The predicted octanol–water partition coefficient (Wildman–Crippen LogP) is 1.22. The summed E-state index contributed by atoms with van der Waals surface area (Å²) in [5.41, 5.74) is 5.00. The minimum absolute atomic E-state index is 0.0327. The van der Waals surface area contributed by atoms with E-state index in [1.807, 2.05) is 0 Å². The minimum atomic E-state index is -0.711. The summed E-state index contributed by atoms with van der Waals surface area (Å²) in [6, 6.07) is 1.56. The first-order chi connectivity index (χ1) is 8.24. The van der Waals surface area contributed by atoms with Crippen molar-refractivity contribution in [3.05, 3.63) is 27.9 Å². The van der Waals surface area contributed by atoms with Crippen molar-refractivity contribution in [2.24, 2.45) is 11.1 Å². The van der Waals surface area contributed by atoms with Gasteiger partial charge in [0.2, 0.25) is 5.91 Å². The summed E-state index contributed by atoms with van der Waals surface area (Å²) in [7, 11) is 0. The minimum Gasteiger partial charge on any atom is -0.369 e. The van der Waals surface area contributed by atoms with Gasteiger partial charge >= 0.3 is 0 Å². The number of rotatable bonds is 5. The molecule has 0 spiro atoms. The normalized spacial score (nSPS) is 11.1. The van der Waals surface area contributed by atoms with Gasteiger partial charge in [0.1, 0.15) is 12.0 Å². The van der Waals surface area contributed by atoms with Crippen LogP contribution in [-0.4, -0.2) is 22.4 Å². The van der Waals surface area contributed by atoms with E-state index in [4.69, 9.17) is 5.73 Å². The monoisotopic (exact) mass is 252 g/mol. The standard InChI is InChI=1S/C11H16N4O3/c1-7-4-9(13-5-8(7)15(17)18)14-6-11(2,3)10(12)16/h4-5H,6H2,1-3H3,(H2,12,16)(H,13,14). The third-order valence-electron chi connectivity index (χ3n) is 2.66. The van der Waals surface area contributed by atoms with Gasteiger partial charge in [-0.25, -0.2) is 4.98 Å². The predicted molar refractivity (Wildman–Crippen MR) is 67.1 cm³/mol. The third-order valence-corrected chi connectivity index (χ3v) is 2.66. The highest BCUT2D eigenvalue weighted by Crippen LogP contribution is 2.20. The molecule has 0 unspecified atom stereocenters. The summed E-state index contributed by atoms with van der Waals surface area (Å²) in [6.07, 6.45) is 1.19. The molecule has 0 saturated carbocycles. The van der Waals surface area contributed by atoms with Crippen LogP contribution >= 0.6 is 0 Å². The molecule has 7 nitrogen and oxygen atoms in total. The lowest BCUT2D eigenvalue weighted by Crippen LogP contribution is -2.37. The SMILES string of the molecule is Cc1cc(NCC(C)(C)C(N)=O)ncc1[N+](=O)[O-]. The highest BCUT2D eigenvalue weighted by atomic mass is 16.6. The van der Waals surface area contributed by atoms with Crippen LogP contribution in [0.15, 0.2) is 12.3 Å². The number of hydrogen-bond donors (Lipinski definition) is 2. The Morgan fingerprint density at radius 3 is 2.67 bits per heavy atom. The van der Waals surface area contributed by atoms with Gasteiger partial charge in [-0.1, -0.05) is 0 Å². The Hall–Kier alpha value is -2.18. The first-order valence-corrected chi connectivity index (χ1v) is 5.39. The zero-order valence-electron chi connectivity index (χ0n) is 10.6. The molecule has 0 aliphatic carbocycles. The molecule has 1 amide bonds. The number of primary amides is 1. The van der Waals surface area contributed by atoms with Gasteiger partial charge in [-0.15, -0.1) is 0 Å². The van der Waals surface area contributed by atoms with E-state index in [0.717, 1.165) is 0 Å². The van der Waals surface area contributed by atoms with Crippen LogP contribution in [0, 0.1) is 22.5 Å². The molecule has 0 aliphatic rings. The van der Waals surface area contributed by atoms with Crippen molar-refractivity contribution >= 4 is 17.4 Å². The molecule has 98 valence electrons. The number of carbonyl (C=O) groups excluding carboxylic acids is 1. The Bertz CT molecular complexity index is 485. The van der Waals surface area contributed by atoms with Crippen LogP contribution in [0.5, 0.6) is 0 Å². The smallest absolute Gasteiger partial charge is 0.290 e. The molecular formula is C11H16N4O3. The second-order valence-electron chi connectivity index (χ2n) is 4.71. The fraction of sp³-hybridized carbons (Fsp3) is 0.455. The van der Waals surface area contributed by atoms with Crippen molar-refractivity contribution in [2.75, 3.05) is 11.9 Å².